The molecule has 1 spiro atoms. The zero-order chi connectivity index (χ0) is 14.3. The first kappa shape index (κ1) is 13.8. The zero-order valence-corrected chi connectivity index (χ0v) is 13.1. The molecule has 1 unspecified atom stereocenters. The van der Waals surface area contributed by atoms with Crippen LogP contribution in [0, 0.1) is 6.92 Å². The van der Waals surface area contributed by atoms with E-state index in [0.717, 1.165) is 32.0 Å². The first-order valence-electron chi connectivity index (χ1n) is 8.66. The summed E-state index contributed by atoms with van der Waals surface area (Å²) in [5.41, 5.74) is 2.74. The van der Waals surface area contributed by atoms with E-state index in [9.17, 15) is 0 Å². The Labute approximate surface area is 127 Å². The molecule has 21 heavy (non-hydrogen) atoms. The molecule has 1 aromatic rings. The van der Waals surface area contributed by atoms with Crippen LogP contribution in [0.1, 0.15) is 68.7 Å². The third-order valence-corrected chi connectivity index (χ3v) is 5.53. The maximum Gasteiger partial charge on any atom is 0.0703 e. The van der Waals surface area contributed by atoms with E-state index in [1.54, 1.807) is 0 Å². The summed E-state index contributed by atoms with van der Waals surface area (Å²) in [6.45, 7) is 4.02. The first-order chi connectivity index (χ1) is 10.2. The van der Waals surface area contributed by atoms with Crippen molar-refractivity contribution in [2.24, 2.45) is 0 Å². The molecular weight excluding hydrogens is 262 g/mol. The largest absolute Gasteiger partial charge is 0.375 e. The summed E-state index contributed by atoms with van der Waals surface area (Å²) >= 11 is 0. The Bertz CT molecular complexity index is 500. The van der Waals surface area contributed by atoms with Gasteiger partial charge in [0.2, 0.25) is 0 Å². The molecule has 4 rings (SSSR count). The van der Waals surface area contributed by atoms with Gasteiger partial charge in [0.25, 0.3) is 0 Å². The number of nitrogens with one attached hydrogen (secondary N) is 1. The topological polar surface area (TPSA) is 39.1 Å². The monoisotopic (exact) mass is 289 g/mol. The van der Waals surface area contributed by atoms with Gasteiger partial charge >= 0.3 is 0 Å². The van der Waals surface area contributed by atoms with Gasteiger partial charge < -0.3 is 10.1 Å². The van der Waals surface area contributed by atoms with E-state index in [-0.39, 0.29) is 5.60 Å². The van der Waals surface area contributed by atoms with Crippen molar-refractivity contribution in [1.29, 1.82) is 0 Å². The van der Waals surface area contributed by atoms with Gasteiger partial charge in [0.1, 0.15) is 0 Å². The summed E-state index contributed by atoms with van der Waals surface area (Å²) in [6, 6.07) is 1.29. The second-order valence-corrected chi connectivity index (χ2v) is 7.26. The number of aryl methyl sites for hydroxylation is 1. The summed E-state index contributed by atoms with van der Waals surface area (Å²) in [4.78, 5) is 0. The molecule has 1 aliphatic heterocycles. The van der Waals surface area contributed by atoms with Crippen LogP contribution in [-0.2, 0) is 11.3 Å². The Morgan fingerprint density at radius 2 is 2.14 bits per heavy atom. The molecule has 0 aromatic carbocycles. The number of aromatic nitrogens is 2. The van der Waals surface area contributed by atoms with Gasteiger partial charge in [-0.2, -0.15) is 5.10 Å². The second kappa shape index (κ2) is 5.40. The fraction of sp³-hybridized carbons (Fsp3) is 0.824. The minimum Gasteiger partial charge on any atom is -0.375 e. The normalized spacial score (nSPS) is 28.3. The van der Waals surface area contributed by atoms with Crippen LogP contribution < -0.4 is 5.32 Å². The molecule has 0 radical (unpaired) electrons. The van der Waals surface area contributed by atoms with E-state index in [1.165, 1.54) is 49.8 Å². The van der Waals surface area contributed by atoms with Crippen molar-refractivity contribution in [1.82, 2.24) is 15.1 Å². The maximum atomic E-state index is 6.15. The van der Waals surface area contributed by atoms with Crippen LogP contribution >= 0.6 is 0 Å². The average molecular weight is 289 g/mol. The van der Waals surface area contributed by atoms with Crippen LogP contribution in [0.2, 0.25) is 0 Å². The molecule has 2 aliphatic carbocycles. The third-order valence-electron chi connectivity index (χ3n) is 5.53. The predicted molar refractivity (Wildman–Crippen MR) is 82.2 cm³/mol. The van der Waals surface area contributed by atoms with Gasteiger partial charge in [0.15, 0.2) is 0 Å². The van der Waals surface area contributed by atoms with Gasteiger partial charge in [-0.05, 0) is 45.4 Å². The SMILES string of the molecule is Cc1nn(C2CCOC3(CCCC3)C2)cc1CNC1CC1. The lowest BCUT2D eigenvalue weighted by Gasteiger charge is -2.38. The minimum atomic E-state index is 0.176. The van der Waals surface area contributed by atoms with Crippen molar-refractivity contribution in [2.75, 3.05) is 6.61 Å². The number of ether oxygens (including phenoxy) is 1. The van der Waals surface area contributed by atoms with E-state index in [1.807, 2.05) is 0 Å². The minimum absolute atomic E-state index is 0.176. The Morgan fingerprint density at radius 1 is 1.33 bits per heavy atom. The highest BCUT2D eigenvalue weighted by molar-refractivity contribution is 5.16. The number of rotatable bonds is 4. The van der Waals surface area contributed by atoms with Gasteiger partial charge in [-0.3, -0.25) is 4.68 Å². The van der Waals surface area contributed by atoms with Crippen molar-refractivity contribution in [2.45, 2.75) is 82.5 Å². The summed E-state index contributed by atoms with van der Waals surface area (Å²) in [7, 11) is 0. The molecule has 1 atom stereocenters. The van der Waals surface area contributed by atoms with E-state index in [0.29, 0.717) is 6.04 Å². The van der Waals surface area contributed by atoms with Gasteiger partial charge in [-0.15, -0.1) is 0 Å². The molecule has 2 saturated carbocycles. The fourth-order valence-corrected chi connectivity index (χ4v) is 4.02. The average Bonchev–Trinajstić information content (AvgIpc) is 3.10. The van der Waals surface area contributed by atoms with Crippen LogP contribution in [0.25, 0.3) is 0 Å². The standard InChI is InChI=1S/C17H27N3O/c1-13-14(11-18-15-4-5-15)12-20(19-13)16-6-9-21-17(10-16)7-2-3-8-17/h12,15-16,18H,2-11H2,1H3. The van der Waals surface area contributed by atoms with Crippen LogP contribution in [-0.4, -0.2) is 28.0 Å². The van der Waals surface area contributed by atoms with Crippen molar-refractivity contribution >= 4 is 0 Å². The van der Waals surface area contributed by atoms with Crippen molar-refractivity contribution in [3.63, 3.8) is 0 Å². The van der Waals surface area contributed by atoms with E-state index in [2.05, 4.69) is 23.1 Å². The molecule has 3 fully saturated rings. The van der Waals surface area contributed by atoms with Gasteiger partial charge in [-0.1, -0.05) is 12.8 Å². The van der Waals surface area contributed by atoms with Crippen molar-refractivity contribution < 1.29 is 4.74 Å². The summed E-state index contributed by atoms with van der Waals surface area (Å²) < 4.78 is 8.39. The summed E-state index contributed by atoms with van der Waals surface area (Å²) in [5, 5.41) is 8.41. The zero-order valence-electron chi connectivity index (χ0n) is 13.1. The molecule has 0 amide bonds. The molecule has 1 aromatic heterocycles. The molecule has 1 saturated heterocycles. The highest BCUT2D eigenvalue weighted by atomic mass is 16.5. The highest BCUT2D eigenvalue weighted by Gasteiger charge is 2.40. The predicted octanol–water partition coefficient (Wildman–Crippen LogP) is 3.11. The lowest BCUT2D eigenvalue weighted by molar-refractivity contribution is -0.0910. The molecule has 4 heteroatoms. The molecule has 3 aliphatic rings. The molecule has 116 valence electrons. The van der Waals surface area contributed by atoms with Crippen molar-refractivity contribution in [3.05, 3.63) is 17.5 Å². The molecule has 4 nitrogen and oxygen atoms in total. The number of nitrogens with zero attached hydrogens (tertiary/aromatic N) is 2. The summed E-state index contributed by atoms with van der Waals surface area (Å²) in [6.07, 6.45) is 12.4. The molecule has 2 heterocycles. The van der Waals surface area contributed by atoms with E-state index >= 15 is 0 Å². The van der Waals surface area contributed by atoms with E-state index in [4.69, 9.17) is 9.84 Å². The molecular formula is C17H27N3O. The lowest BCUT2D eigenvalue weighted by atomic mass is 9.89. The van der Waals surface area contributed by atoms with E-state index < -0.39 is 0 Å². The lowest BCUT2D eigenvalue weighted by Crippen LogP contribution is -2.38. The van der Waals surface area contributed by atoms with Crippen molar-refractivity contribution in [3.8, 4) is 0 Å². The van der Waals surface area contributed by atoms with Gasteiger partial charge in [0, 0.05) is 31.0 Å². The third kappa shape index (κ3) is 2.88. The first-order valence-corrected chi connectivity index (χ1v) is 8.66. The Balaban J connectivity index is 1.46. The highest BCUT2D eigenvalue weighted by Crippen LogP contribution is 2.43. The Hall–Kier alpha value is -0.870. The maximum absolute atomic E-state index is 6.15. The van der Waals surface area contributed by atoms with Gasteiger partial charge in [-0.25, -0.2) is 0 Å². The number of hydrogen-bond donors (Lipinski definition) is 1. The van der Waals surface area contributed by atoms with Crippen LogP contribution in [0.15, 0.2) is 6.20 Å². The fourth-order valence-electron chi connectivity index (χ4n) is 4.02. The quantitative estimate of drug-likeness (QED) is 0.925. The van der Waals surface area contributed by atoms with Crippen LogP contribution in [0.3, 0.4) is 0 Å². The van der Waals surface area contributed by atoms with Gasteiger partial charge in [0.05, 0.1) is 17.3 Å². The smallest absolute Gasteiger partial charge is 0.0703 e. The Morgan fingerprint density at radius 3 is 2.90 bits per heavy atom. The van der Waals surface area contributed by atoms with Crippen LogP contribution in [0.4, 0.5) is 0 Å². The van der Waals surface area contributed by atoms with Crippen LogP contribution in [0.5, 0.6) is 0 Å². The second-order valence-electron chi connectivity index (χ2n) is 7.26. The molecule has 0 bridgehead atoms. The molecule has 1 N–H and O–H groups in total. The summed E-state index contributed by atoms with van der Waals surface area (Å²) in [5.74, 6) is 0. The number of hydrogen-bond acceptors (Lipinski definition) is 3. The Kier molecular flexibility index (Phi) is 3.54.